The maximum absolute atomic E-state index is 13.1. The zero-order valence-corrected chi connectivity index (χ0v) is 59.8. The lowest BCUT2D eigenvalue weighted by Crippen LogP contribution is -2.45. The predicted octanol–water partition coefficient (Wildman–Crippen LogP) is 24.0. The monoisotopic (exact) mass is 1250 g/mol. The molecule has 2 N–H and O–H groups in total. The van der Waals surface area contributed by atoms with Gasteiger partial charge in [0, 0.05) is 6.42 Å². The predicted molar refractivity (Wildman–Crippen MR) is 385 cm³/mol. The number of aliphatic hydroxyl groups excluding tert-OH is 1. The van der Waals surface area contributed by atoms with Gasteiger partial charge < -0.3 is 28.8 Å². The Hall–Kier alpha value is -2.32. The third kappa shape index (κ3) is 71.1. The summed E-state index contributed by atoms with van der Waals surface area (Å²) < 4.78 is 23.5. The summed E-state index contributed by atoms with van der Waals surface area (Å²) in [6.07, 6.45) is 98.7. The lowest BCUT2D eigenvalue weighted by Gasteiger charge is -2.29. The second kappa shape index (κ2) is 69.0. The van der Waals surface area contributed by atoms with Gasteiger partial charge in [-0.1, -0.05) is 369 Å². The Labute approximate surface area is 547 Å². The molecule has 3 unspecified atom stereocenters. The minimum atomic E-state index is -4.61. The van der Waals surface area contributed by atoms with Crippen molar-refractivity contribution >= 4 is 13.7 Å². The van der Waals surface area contributed by atoms with Gasteiger partial charge in [-0.15, -0.1) is 0 Å². The molecule has 0 heterocycles. The van der Waals surface area contributed by atoms with Crippen LogP contribution in [0.25, 0.3) is 0 Å². The highest BCUT2D eigenvalue weighted by molar-refractivity contribution is 7.45. The number of quaternary nitrogens is 1. The highest BCUT2D eigenvalue weighted by atomic mass is 31.2. The molecular formula is C79H147N2O6P. The number of hydrogen-bond donors (Lipinski definition) is 2. The smallest absolute Gasteiger partial charge is 0.268 e. The van der Waals surface area contributed by atoms with Gasteiger partial charge in [-0.25, -0.2) is 0 Å². The van der Waals surface area contributed by atoms with Crippen LogP contribution in [0.4, 0.5) is 0 Å². The summed E-state index contributed by atoms with van der Waals surface area (Å²) in [5, 5.41) is 14.0. The first-order valence-corrected chi connectivity index (χ1v) is 39.4. The van der Waals surface area contributed by atoms with Gasteiger partial charge in [0.15, 0.2) is 0 Å². The minimum Gasteiger partial charge on any atom is -0.756 e. The van der Waals surface area contributed by atoms with Crippen molar-refractivity contribution in [1.29, 1.82) is 0 Å². The number of likely N-dealkylation sites (N-methyl/N-ethyl adjacent to an activating group) is 1. The van der Waals surface area contributed by atoms with Crippen molar-refractivity contribution in [2.75, 3.05) is 40.9 Å². The number of carbonyl (C=O) groups is 1. The fourth-order valence-electron chi connectivity index (χ4n) is 11.3. The summed E-state index contributed by atoms with van der Waals surface area (Å²) in [5.74, 6) is -0.193. The van der Waals surface area contributed by atoms with Crippen LogP contribution >= 0.6 is 7.82 Å². The van der Waals surface area contributed by atoms with Crippen molar-refractivity contribution in [3.05, 3.63) is 85.1 Å². The first kappa shape index (κ1) is 85.7. The standard InChI is InChI=1S/C79H147N2O6P/c1-6-8-10-12-14-16-18-20-22-24-26-28-30-32-34-36-37-38-39-40-41-42-43-45-47-49-51-53-55-57-59-61-63-65-67-69-71-73-79(83)80-77(76-87-88(84,85)86-75-74-81(3,4)5)78(82)72-70-68-66-64-62-60-58-56-54-52-50-48-46-44-35-33-31-29-27-25-23-21-19-17-15-13-11-9-7-2/h8,10,14,16,20,22,26,28,32,34,37-38,70,72,77-78,82H,6-7,9,11-13,15,17-19,21,23-25,27,29-31,33,35-36,39-69,71,73-76H2,1-5H3,(H-,80,83,84,85)/b10-8-,16-14-,22-20-,28-26-,34-32-,38-37-,72-70+. The summed E-state index contributed by atoms with van der Waals surface area (Å²) in [6, 6.07) is -0.891. The lowest BCUT2D eigenvalue weighted by molar-refractivity contribution is -0.870. The zero-order valence-electron chi connectivity index (χ0n) is 58.9. The SMILES string of the molecule is CC/C=C\C/C=C\C/C=C\C/C=C\C/C=C\C/C=C\CCCCCCCCCCCCCCCCCCCCC(=O)NC(COP(=O)([O-])OCC[N+](C)(C)C)C(O)/C=C/CCCCCCCCCCCCCCCCCCCCCCCCCCCCC. The van der Waals surface area contributed by atoms with E-state index in [1.54, 1.807) is 6.08 Å². The van der Waals surface area contributed by atoms with Crippen LogP contribution in [0.2, 0.25) is 0 Å². The molecule has 8 nitrogen and oxygen atoms in total. The molecule has 88 heavy (non-hydrogen) atoms. The molecule has 0 radical (unpaired) electrons. The quantitative estimate of drug-likeness (QED) is 0.0272. The van der Waals surface area contributed by atoms with Gasteiger partial charge in [0.1, 0.15) is 13.2 Å². The average Bonchev–Trinajstić information content (AvgIpc) is 3.70. The number of nitrogens with one attached hydrogen (secondary N) is 1. The zero-order chi connectivity index (χ0) is 64.1. The van der Waals surface area contributed by atoms with Crippen LogP contribution in [-0.4, -0.2) is 68.5 Å². The van der Waals surface area contributed by atoms with Crippen LogP contribution in [0.1, 0.15) is 361 Å². The van der Waals surface area contributed by atoms with Crippen LogP contribution in [0.15, 0.2) is 85.1 Å². The van der Waals surface area contributed by atoms with Gasteiger partial charge in [0.25, 0.3) is 7.82 Å². The van der Waals surface area contributed by atoms with Gasteiger partial charge in [-0.2, -0.15) is 0 Å². The highest BCUT2D eigenvalue weighted by Crippen LogP contribution is 2.38. The molecular weight excluding hydrogens is 1100 g/mol. The third-order valence-corrected chi connectivity index (χ3v) is 18.1. The van der Waals surface area contributed by atoms with Crippen LogP contribution in [0.3, 0.4) is 0 Å². The van der Waals surface area contributed by atoms with Crippen molar-refractivity contribution in [2.45, 2.75) is 373 Å². The Morgan fingerprint density at radius 2 is 0.693 bits per heavy atom. The van der Waals surface area contributed by atoms with Gasteiger partial charge in [0.2, 0.25) is 5.91 Å². The van der Waals surface area contributed by atoms with Gasteiger partial charge in [-0.3, -0.25) is 9.36 Å². The Morgan fingerprint density at radius 3 is 1.01 bits per heavy atom. The second-order valence-corrected chi connectivity index (χ2v) is 28.4. The fraction of sp³-hybridized carbons (Fsp3) is 0.810. The van der Waals surface area contributed by atoms with Crippen molar-refractivity contribution in [3.63, 3.8) is 0 Å². The summed E-state index contributed by atoms with van der Waals surface area (Å²) in [4.78, 5) is 25.7. The van der Waals surface area contributed by atoms with Crippen LogP contribution < -0.4 is 10.2 Å². The van der Waals surface area contributed by atoms with Gasteiger partial charge in [-0.05, 0) is 70.6 Å². The normalized spacial score (nSPS) is 14.0. The molecule has 0 fully saturated rings. The van der Waals surface area contributed by atoms with E-state index in [9.17, 15) is 19.4 Å². The van der Waals surface area contributed by atoms with Crippen LogP contribution in [-0.2, 0) is 18.4 Å². The number of phosphoric acid groups is 1. The molecule has 0 aromatic carbocycles. The number of unbranched alkanes of at least 4 members (excludes halogenated alkanes) is 45. The molecule has 514 valence electrons. The van der Waals surface area contributed by atoms with E-state index in [1.807, 2.05) is 27.2 Å². The van der Waals surface area contributed by atoms with Crippen molar-refractivity contribution < 1.29 is 32.9 Å². The van der Waals surface area contributed by atoms with E-state index in [2.05, 4.69) is 92.1 Å². The van der Waals surface area contributed by atoms with Crippen molar-refractivity contribution in [1.82, 2.24) is 5.32 Å². The number of allylic oxidation sites excluding steroid dienone is 13. The van der Waals surface area contributed by atoms with Gasteiger partial charge >= 0.3 is 0 Å². The molecule has 0 aliphatic rings. The van der Waals surface area contributed by atoms with E-state index in [0.717, 1.165) is 77.0 Å². The number of phosphoric ester groups is 1. The Kier molecular flexibility index (Phi) is 67.2. The molecule has 0 aliphatic carbocycles. The van der Waals surface area contributed by atoms with E-state index in [-0.39, 0.29) is 19.1 Å². The highest BCUT2D eigenvalue weighted by Gasteiger charge is 2.23. The molecule has 0 saturated carbocycles. The Balaban J connectivity index is 4.01. The number of aliphatic hydroxyl groups is 1. The van der Waals surface area contributed by atoms with E-state index in [0.29, 0.717) is 17.4 Å². The van der Waals surface area contributed by atoms with Gasteiger partial charge in [0.05, 0.1) is 39.9 Å². The van der Waals surface area contributed by atoms with E-state index < -0.39 is 20.0 Å². The number of amides is 1. The Bertz CT molecular complexity index is 1710. The molecule has 1 amide bonds. The largest absolute Gasteiger partial charge is 0.756 e. The van der Waals surface area contributed by atoms with E-state index in [1.165, 1.54) is 263 Å². The van der Waals surface area contributed by atoms with Crippen LogP contribution in [0, 0.1) is 0 Å². The molecule has 0 aromatic rings. The summed E-state index contributed by atoms with van der Waals surface area (Å²) in [7, 11) is 1.27. The molecule has 9 heteroatoms. The fourth-order valence-corrected chi connectivity index (χ4v) is 12.0. The first-order valence-electron chi connectivity index (χ1n) is 37.9. The van der Waals surface area contributed by atoms with E-state index in [4.69, 9.17) is 9.05 Å². The molecule has 0 bridgehead atoms. The lowest BCUT2D eigenvalue weighted by atomic mass is 10.0. The number of nitrogens with zero attached hydrogens (tertiary/aromatic N) is 1. The molecule has 0 aliphatic heterocycles. The summed E-state index contributed by atoms with van der Waals surface area (Å²) in [5.41, 5.74) is 0. The Morgan fingerprint density at radius 1 is 0.409 bits per heavy atom. The molecule has 0 saturated heterocycles. The second-order valence-electron chi connectivity index (χ2n) is 27.0. The van der Waals surface area contributed by atoms with Crippen molar-refractivity contribution in [3.8, 4) is 0 Å². The summed E-state index contributed by atoms with van der Waals surface area (Å²) >= 11 is 0. The third-order valence-electron chi connectivity index (χ3n) is 17.1. The molecule has 0 rings (SSSR count). The van der Waals surface area contributed by atoms with Crippen LogP contribution in [0.5, 0.6) is 0 Å². The number of rotatable bonds is 70. The maximum Gasteiger partial charge on any atom is 0.268 e. The molecule has 0 spiro atoms. The topological polar surface area (TPSA) is 108 Å². The average molecular weight is 1250 g/mol. The number of hydrogen-bond acceptors (Lipinski definition) is 6. The van der Waals surface area contributed by atoms with E-state index >= 15 is 0 Å². The summed E-state index contributed by atoms with van der Waals surface area (Å²) in [6.45, 7) is 4.58. The van der Waals surface area contributed by atoms with Crippen molar-refractivity contribution in [2.24, 2.45) is 0 Å². The number of carbonyl (C=O) groups excluding carboxylic acids is 1. The maximum atomic E-state index is 13.1. The minimum absolute atomic E-state index is 0.00150. The molecule has 3 atom stereocenters. The first-order chi connectivity index (χ1) is 43.0. The molecule has 0 aromatic heterocycles.